The molecule has 0 saturated heterocycles. The van der Waals surface area contributed by atoms with Crippen LogP contribution in [0.1, 0.15) is 32.3 Å². The first kappa shape index (κ1) is 16.2. The highest BCUT2D eigenvalue weighted by molar-refractivity contribution is 5.72. The van der Waals surface area contributed by atoms with Crippen LogP contribution in [0.15, 0.2) is 30.3 Å². The first-order valence-electron chi connectivity index (χ1n) is 6.62. The van der Waals surface area contributed by atoms with E-state index in [0.29, 0.717) is 0 Å². The van der Waals surface area contributed by atoms with Crippen molar-refractivity contribution in [3.05, 3.63) is 35.9 Å². The Balaban J connectivity index is 2.26. The van der Waals surface area contributed by atoms with Crippen molar-refractivity contribution >= 4 is 11.9 Å². The molecule has 110 valence electrons. The Morgan fingerprint density at radius 2 is 1.75 bits per heavy atom. The van der Waals surface area contributed by atoms with Gasteiger partial charge < -0.3 is 15.2 Å². The van der Waals surface area contributed by atoms with E-state index in [2.05, 4.69) is 0 Å². The summed E-state index contributed by atoms with van der Waals surface area (Å²) in [5.41, 5.74) is 6.41. The van der Waals surface area contributed by atoms with Gasteiger partial charge in [-0.1, -0.05) is 30.3 Å². The van der Waals surface area contributed by atoms with Crippen molar-refractivity contribution in [3.8, 4) is 0 Å². The molecule has 2 N–H and O–H groups in total. The molecule has 0 unspecified atom stereocenters. The Hall–Kier alpha value is -1.88. The molecule has 0 aliphatic carbocycles. The minimum absolute atomic E-state index is 0.0392. The van der Waals surface area contributed by atoms with Crippen LogP contribution >= 0.6 is 0 Å². The molecule has 1 aromatic carbocycles. The van der Waals surface area contributed by atoms with Gasteiger partial charge in [0.05, 0.1) is 12.8 Å². The SMILES string of the molecule is C[C@H](N)CC(=O)O[C@H](C)CC(=O)OCc1ccccc1. The van der Waals surface area contributed by atoms with E-state index in [0.717, 1.165) is 5.56 Å². The quantitative estimate of drug-likeness (QED) is 0.770. The maximum atomic E-state index is 11.6. The second kappa shape index (κ2) is 8.32. The largest absolute Gasteiger partial charge is 0.462 e. The fourth-order valence-electron chi connectivity index (χ4n) is 1.61. The van der Waals surface area contributed by atoms with Crippen molar-refractivity contribution in [3.63, 3.8) is 0 Å². The fourth-order valence-corrected chi connectivity index (χ4v) is 1.61. The third kappa shape index (κ3) is 6.89. The number of rotatable bonds is 7. The molecule has 0 heterocycles. The number of carbonyl (C=O) groups excluding carboxylic acids is 2. The number of benzene rings is 1. The minimum Gasteiger partial charge on any atom is -0.462 e. The van der Waals surface area contributed by atoms with Crippen LogP contribution in [0.2, 0.25) is 0 Å². The van der Waals surface area contributed by atoms with Crippen molar-refractivity contribution in [1.82, 2.24) is 0 Å². The normalized spacial score (nSPS) is 13.3. The van der Waals surface area contributed by atoms with E-state index in [1.807, 2.05) is 30.3 Å². The number of carbonyl (C=O) groups is 2. The van der Waals surface area contributed by atoms with Gasteiger partial charge in [0.2, 0.25) is 0 Å². The molecule has 0 aliphatic rings. The van der Waals surface area contributed by atoms with Gasteiger partial charge in [0, 0.05) is 6.04 Å². The number of nitrogens with two attached hydrogens (primary N) is 1. The Bertz CT molecular complexity index is 431. The van der Waals surface area contributed by atoms with Crippen LogP contribution in [0.25, 0.3) is 0 Å². The molecule has 0 aliphatic heterocycles. The number of esters is 2. The maximum absolute atomic E-state index is 11.6. The second-order valence-corrected chi connectivity index (χ2v) is 4.83. The molecule has 5 nitrogen and oxygen atoms in total. The van der Waals surface area contributed by atoms with Gasteiger partial charge in [-0.15, -0.1) is 0 Å². The molecule has 0 aromatic heterocycles. The third-order valence-corrected chi connectivity index (χ3v) is 2.52. The monoisotopic (exact) mass is 279 g/mol. The number of hydrogen-bond acceptors (Lipinski definition) is 5. The summed E-state index contributed by atoms with van der Waals surface area (Å²) in [5.74, 6) is -0.793. The number of ether oxygens (including phenoxy) is 2. The third-order valence-electron chi connectivity index (χ3n) is 2.52. The van der Waals surface area contributed by atoms with Crippen LogP contribution < -0.4 is 5.73 Å². The second-order valence-electron chi connectivity index (χ2n) is 4.83. The summed E-state index contributed by atoms with van der Waals surface area (Å²) >= 11 is 0. The molecule has 0 amide bonds. The zero-order chi connectivity index (χ0) is 15.0. The van der Waals surface area contributed by atoms with Crippen LogP contribution in [0.3, 0.4) is 0 Å². The first-order chi connectivity index (χ1) is 9.47. The summed E-state index contributed by atoms with van der Waals surface area (Å²) in [4.78, 5) is 23.0. The molecule has 0 radical (unpaired) electrons. The van der Waals surface area contributed by atoms with Gasteiger partial charge in [-0.25, -0.2) is 0 Å². The summed E-state index contributed by atoms with van der Waals surface area (Å²) in [6.45, 7) is 3.60. The Kier molecular flexibility index (Phi) is 6.73. The molecular formula is C15H21NO4. The predicted octanol–water partition coefficient (Wildman–Crippen LogP) is 1.79. The number of hydrogen-bond donors (Lipinski definition) is 1. The lowest BCUT2D eigenvalue weighted by molar-refractivity contribution is -0.154. The molecule has 0 fully saturated rings. The van der Waals surface area contributed by atoms with E-state index in [1.54, 1.807) is 13.8 Å². The van der Waals surface area contributed by atoms with Crippen LogP contribution in [-0.2, 0) is 25.7 Å². The molecule has 1 aromatic rings. The topological polar surface area (TPSA) is 78.6 Å². The summed E-state index contributed by atoms with van der Waals surface area (Å²) in [5, 5.41) is 0. The van der Waals surface area contributed by atoms with Gasteiger partial charge in [-0.2, -0.15) is 0 Å². The lowest BCUT2D eigenvalue weighted by Crippen LogP contribution is -2.25. The summed E-state index contributed by atoms with van der Waals surface area (Å²) in [6.07, 6.45) is -0.328. The van der Waals surface area contributed by atoms with Crippen LogP contribution in [0.4, 0.5) is 0 Å². The highest BCUT2D eigenvalue weighted by Gasteiger charge is 2.15. The molecule has 1 rings (SSSR count). The predicted molar refractivity (Wildman–Crippen MR) is 74.7 cm³/mol. The van der Waals surface area contributed by atoms with Crippen molar-refractivity contribution < 1.29 is 19.1 Å². The molecule has 0 spiro atoms. The Labute approximate surface area is 119 Å². The van der Waals surface area contributed by atoms with Gasteiger partial charge in [0.1, 0.15) is 12.7 Å². The van der Waals surface area contributed by atoms with Gasteiger partial charge in [-0.3, -0.25) is 9.59 Å². The Morgan fingerprint density at radius 3 is 2.35 bits per heavy atom. The molecule has 20 heavy (non-hydrogen) atoms. The van der Waals surface area contributed by atoms with E-state index >= 15 is 0 Å². The van der Waals surface area contributed by atoms with Gasteiger partial charge in [0.25, 0.3) is 0 Å². The van der Waals surface area contributed by atoms with Crippen molar-refractivity contribution in [2.75, 3.05) is 0 Å². The summed E-state index contributed by atoms with van der Waals surface area (Å²) in [6, 6.07) is 9.15. The highest BCUT2D eigenvalue weighted by Crippen LogP contribution is 2.06. The standard InChI is InChI=1S/C15H21NO4/c1-11(16)8-15(18)20-12(2)9-14(17)19-10-13-6-4-3-5-7-13/h3-7,11-12H,8-10,16H2,1-2H3/t11-,12+/m0/s1. The average molecular weight is 279 g/mol. The zero-order valence-corrected chi connectivity index (χ0v) is 11.9. The molecule has 2 atom stereocenters. The van der Waals surface area contributed by atoms with E-state index in [1.165, 1.54) is 0 Å². The molecule has 0 bridgehead atoms. The lowest BCUT2D eigenvalue weighted by Gasteiger charge is -2.13. The van der Waals surface area contributed by atoms with Crippen molar-refractivity contribution in [2.24, 2.45) is 5.73 Å². The van der Waals surface area contributed by atoms with E-state index < -0.39 is 18.0 Å². The van der Waals surface area contributed by atoms with E-state index in [9.17, 15) is 9.59 Å². The highest BCUT2D eigenvalue weighted by atomic mass is 16.6. The lowest BCUT2D eigenvalue weighted by atomic mass is 10.2. The van der Waals surface area contributed by atoms with E-state index in [4.69, 9.17) is 15.2 Å². The first-order valence-corrected chi connectivity index (χ1v) is 6.62. The van der Waals surface area contributed by atoms with Crippen molar-refractivity contribution in [2.45, 2.75) is 45.4 Å². The van der Waals surface area contributed by atoms with Crippen LogP contribution in [-0.4, -0.2) is 24.1 Å². The van der Waals surface area contributed by atoms with Gasteiger partial charge in [0.15, 0.2) is 0 Å². The minimum atomic E-state index is -0.510. The van der Waals surface area contributed by atoms with Crippen molar-refractivity contribution in [1.29, 1.82) is 0 Å². The van der Waals surface area contributed by atoms with Gasteiger partial charge >= 0.3 is 11.9 Å². The van der Waals surface area contributed by atoms with Gasteiger partial charge in [-0.05, 0) is 19.4 Å². The smallest absolute Gasteiger partial charge is 0.309 e. The fraction of sp³-hybridized carbons (Fsp3) is 0.467. The molecular weight excluding hydrogens is 258 g/mol. The maximum Gasteiger partial charge on any atom is 0.309 e. The molecule has 5 heteroatoms. The average Bonchev–Trinajstić information content (AvgIpc) is 2.36. The summed E-state index contributed by atoms with van der Waals surface area (Å²) < 4.78 is 10.2. The Morgan fingerprint density at radius 1 is 1.10 bits per heavy atom. The van der Waals surface area contributed by atoms with E-state index in [-0.39, 0.29) is 25.5 Å². The summed E-state index contributed by atoms with van der Waals surface area (Å²) in [7, 11) is 0. The molecule has 0 saturated carbocycles. The van der Waals surface area contributed by atoms with Crippen LogP contribution in [0.5, 0.6) is 0 Å². The zero-order valence-electron chi connectivity index (χ0n) is 11.9. The van der Waals surface area contributed by atoms with Crippen LogP contribution in [0, 0.1) is 0 Å².